The van der Waals surface area contributed by atoms with Crippen LogP contribution in [0.2, 0.25) is 5.04 Å². The van der Waals surface area contributed by atoms with Crippen molar-refractivity contribution in [2.24, 2.45) is 5.92 Å². The molecule has 2 atom stereocenters. The van der Waals surface area contributed by atoms with Gasteiger partial charge in [-0.2, -0.15) is 0 Å². The molecule has 0 aliphatic heterocycles. The van der Waals surface area contributed by atoms with E-state index in [4.69, 9.17) is 4.43 Å². The Morgan fingerprint density at radius 3 is 1.78 bits per heavy atom. The Bertz CT molecular complexity index is 929. The number of rotatable bonds is 9. The first-order valence-electron chi connectivity index (χ1n) is 11.2. The third-order valence-electron chi connectivity index (χ3n) is 5.82. The molecule has 0 aliphatic rings. The van der Waals surface area contributed by atoms with Crippen LogP contribution in [-0.4, -0.2) is 26.1 Å². The molecule has 1 N–H and O–H groups in total. The van der Waals surface area contributed by atoms with E-state index in [2.05, 4.69) is 92.9 Å². The maximum Gasteiger partial charge on any atom is 0.261 e. The Hall–Kier alpha value is -2.11. The molecular formula is C28H34O2SSi. The first-order chi connectivity index (χ1) is 15.3. The highest BCUT2D eigenvalue weighted by Gasteiger charge is 2.50. The van der Waals surface area contributed by atoms with Crippen molar-refractivity contribution in [3.63, 3.8) is 0 Å². The molecule has 0 saturated heterocycles. The molecule has 3 aromatic rings. The largest absolute Gasteiger partial charge is 0.405 e. The lowest BCUT2D eigenvalue weighted by molar-refractivity contribution is 0.0750. The number of hydrogen-bond acceptors (Lipinski definition) is 3. The smallest absolute Gasteiger partial charge is 0.261 e. The fourth-order valence-corrected chi connectivity index (χ4v) is 9.37. The Morgan fingerprint density at radius 1 is 0.844 bits per heavy atom. The second-order valence-electron chi connectivity index (χ2n) is 9.16. The minimum Gasteiger partial charge on any atom is -0.405 e. The monoisotopic (exact) mass is 462 g/mol. The molecule has 4 heteroatoms. The van der Waals surface area contributed by atoms with E-state index in [1.807, 2.05) is 37.3 Å². The second-order valence-corrected chi connectivity index (χ2v) is 14.4. The first kappa shape index (κ1) is 24.5. The van der Waals surface area contributed by atoms with Gasteiger partial charge in [-0.1, -0.05) is 124 Å². The summed E-state index contributed by atoms with van der Waals surface area (Å²) in [5, 5.41) is 15.4. The third kappa shape index (κ3) is 5.81. The molecule has 3 aromatic carbocycles. The average Bonchev–Trinajstić information content (AvgIpc) is 2.80. The summed E-state index contributed by atoms with van der Waals surface area (Å²) in [5.74, 6) is -0.00979. The van der Waals surface area contributed by atoms with Crippen LogP contribution in [0.3, 0.4) is 0 Å². The van der Waals surface area contributed by atoms with E-state index in [1.54, 1.807) is 11.8 Å². The molecule has 0 radical (unpaired) electrons. The second kappa shape index (κ2) is 11.1. The summed E-state index contributed by atoms with van der Waals surface area (Å²) in [5.41, 5.74) is 0. The van der Waals surface area contributed by atoms with Crippen LogP contribution >= 0.6 is 11.8 Å². The van der Waals surface area contributed by atoms with Crippen LogP contribution in [0.25, 0.3) is 0 Å². The van der Waals surface area contributed by atoms with E-state index in [9.17, 15) is 5.11 Å². The number of hydrogen-bond donors (Lipinski definition) is 1. The summed E-state index contributed by atoms with van der Waals surface area (Å²) in [6.07, 6.45) is 1.49. The zero-order chi connectivity index (χ0) is 23.0. The quantitative estimate of drug-likeness (QED) is 0.319. The number of aliphatic hydroxyl groups excluding tert-OH is 1. The molecule has 3 rings (SSSR count). The Kier molecular flexibility index (Phi) is 8.55. The molecule has 0 unspecified atom stereocenters. The molecule has 0 fully saturated rings. The fourth-order valence-electron chi connectivity index (χ4n) is 3.99. The Labute approximate surface area is 198 Å². The van der Waals surface area contributed by atoms with Gasteiger partial charge in [0.15, 0.2) is 0 Å². The highest BCUT2D eigenvalue weighted by atomic mass is 32.2. The molecule has 0 bridgehead atoms. The minimum absolute atomic E-state index is 0.00979. The predicted octanol–water partition coefficient (Wildman–Crippen LogP) is 5.87. The molecule has 0 amide bonds. The van der Waals surface area contributed by atoms with Crippen molar-refractivity contribution in [2.75, 3.05) is 6.61 Å². The average molecular weight is 463 g/mol. The zero-order valence-electron chi connectivity index (χ0n) is 19.4. The number of thioether (sulfide) groups is 1. The van der Waals surface area contributed by atoms with Gasteiger partial charge in [-0.15, -0.1) is 0 Å². The molecule has 32 heavy (non-hydrogen) atoms. The van der Waals surface area contributed by atoms with Gasteiger partial charge in [0.2, 0.25) is 0 Å². The van der Waals surface area contributed by atoms with Crippen molar-refractivity contribution in [1.82, 2.24) is 0 Å². The van der Waals surface area contributed by atoms with E-state index in [0.717, 1.165) is 0 Å². The van der Waals surface area contributed by atoms with Crippen LogP contribution in [0.4, 0.5) is 0 Å². The zero-order valence-corrected chi connectivity index (χ0v) is 21.3. The van der Waals surface area contributed by atoms with E-state index < -0.39 is 14.4 Å². The molecule has 0 saturated carbocycles. The third-order valence-corrected chi connectivity index (χ3v) is 11.7. The van der Waals surface area contributed by atoms with Crippen LogP contribution in [0.5, 0.6) is 0 Å². The first-order valence-corrected chi connectivity index (χ1v) is 13.9. The van der Waals surface area contributed by atoms with Gasteiger partial charge < -0.3 is 9.53 Å². The fraction of sp³-hybridized carbons (Fsp3) is 0.286. The maximum absolute atomic E-state index is 11.0. The summed E-state index contributed by atoms with van der Waals surface area (Å²) in [6.45, 7) is 9.11. The van der Waals surface area contributed by atoms with Crippen molar-refractivity contribution < 1.29 is 9.53 Å². The van der Waals surface area contributed by atoms with Crippen LogP contribution in [-0.2, 0) is 4.43 Å². The van der Waals surface area contributed by atoms with Gasteiger partial charge in [-0.3, -0.25) is 0 Å². The van der Waals surface area contributed by atoms with Crippen LogP contribution in [0.1, 0.15) is 27.7 Å². The molecule has 0 spiro atoms. The molecular weight excluding hydrogens is 428 g/mol. The van der Waals surface area contributed by atoms with Gasteiger partial charge in [-0.05, 0) is 33.0 Å². The number of aliphatic hydroxyl groups is 1. The maximum atomic E-state index is 11.0. The van der Waals surface area contributed by atoms with Crippen LogP contribution in [0, 0.1) is 5.92 Å². The van der Waals surface area contributed by atoms with E-state index in [0.29, 0.717) is 6.61 Å². The molecule has 168 valence electrons. The molecule has 0 aromatic heterocycles. The normalized spacial score (nSPS) is 14.4. The van der Waals surface area contributed by atoms with E-state index >= 15 is 0 Å². The topological polar surface area (TPSA) is 29.5 Å². The highest BCUT2D eigenvalue weighted by Crippen LogP contribution is 2.37. The van der Waals surface area contributed by atoms with E-state index in [1.165, 1.54) is 15.3 Å². The Morgan fingerprint density at radius 2 is 1.31 bits per heavy atom. The van der Waals surface area contributed by atoms with Crippen molar-refractivity contribution >= 4 is 30.5 Å². The molecule has 0 heterocycles. The van der Waals surface area contributed by atoms with Crippen molar-refractivity contribution in [1.29, 1.82) is 0 Å². The van der Waals surface area contributed by atoms with Crippen LogP contribution in [0.15, 0.2) is 107 Å². The molecule has 2 nitrogen and oxygen atoms in total. The lowest BCUT2D eigenvalue weighted by atomic mass is 10.1. The summed E-state index contributed by atoms with van der Waals surface area (Å²) in [6, 6.07) is 31.4. The van der Waals surface area contributed by atoms with Gasteiger partial charge in [0, 0.05) is 10.8 Å². The number of benzene rings is 3. The van der Waals surface area contributed by atoms with Crippen LogP contribution < -0.4 is 10.4 Å². The highest BCUT2D eigenvalue weighted by molar-refractivity contribution is 8.02. The Balaban J connectivity index is 1.81. The summed E-state index contributed by atoms with van der Waals surface area (Å²) in [7, 11) is -2.63. The molecule has 0 aliphatic carbocycles. The minimum atomic E-state index is -2.63. The lowest BCUT2D eigenvalue weighted by Crippen LogP contribution is -2.67. The van der Waals surface area contributed by atoms with Crippen molar-refractivity contribution in [2.45, 2.75) is 43.7 Å². The summed E-state index contributed by atoms with van der Waals surface area (Å²) in [4.78, 5) is 1.19. The van der Waals surface area contributed by atoms with Crippen molar-refractivity contribution in [3.05, 3.63) is 102 Å². The van der Waals surface area contributed by atoms with Gasteiger partial charge >= 0.3 is 0 Å². The van der Waals surface area contributed by atoms with Gasteiger partial charge in [-0.25, -0.2) is 0 Å². The van der Waals surface area contributed by atoms with Gasteiger partial charge in [0.25, 0.3) is 8.32 Å². The SMILES string of the molecule is C[C@H](/C=C\Sc1ccccc1)[C@@H](O)CO[Si](c1ccccc1)(c1ccccc1)C(C)(C)C. The van der Waals surface area contributed by atoms with Crippen molar-refractivity contribution in [3.8, 4) is 0 Å². The standard InChI is InChI=1S/C28H34O2SSi/c1-23(20-21-31-24-14-8-5-9-15-24)27(29)22-30-32(28(2,3)4,25-16-10-6-11-17-25)26-18-12-7-13-19-26/h5-21,23,27,29H,22H2,1-4H3/b21-20-/t23-,27+/m1/s1. The van der Waals surface area contributed by atoms with Gasteiger partial charge in [0.05, 0.1) is 12.7 Å². The lowest BCUT2D eigenvalue weighted by Gasteiger charge is -2.43. The summed E-state index contributed by atoms with van der Waals surface area (Å²) >= 11 is 1.66. The predicted molar refractivity (Wildman–Crippen MR) is 140 cm³/mol. The van der Waals surface area contributed by atoms with E-state index in [-0.39, 0.29) is 11.0 Å². The van der Waals surface area contributed by atoms with Gasteiger partial charge in [0.1, 0.15) is 0 Å². The summed E-state index contributed by atoms with van der Waals surface area (Å²) < 4.78 is 6.86.